The maximum Gasteiger partial charge on any atom is 0.228 e. The minimum absolute atomic E-state index is 0.125. The predicted octanol–water partition coefficient (Wildman–Crippen LogP) is 2.52. The van der Waals surface area contributed by atoms with Gasteiger partial charge >= 0.3 is 0 Å². The number of carbonyl (C=O) groups excluding carboxylic acids is 1. The molecule has 122 valence electrons. The number of nitrogens with two attached hydrogens (primary N) is 1. The number of benzene rings is 2. The van der Waals surface area contributed by atoms with Gasteiger partial charge in [-0.25, -0.2) is 0 Å². The first-order valence-electron chi connectivity index (χ1n) is 7.27. The summed E-state index contributed by atoms with van der Waals surface area (Å²) in [5, 5.41) is 2.85. The molecular formula is C17H21N3O3. The first-order chi connectivity index (χ1) is 11.1. The van der Waals surface area contributed by atoms with Gasteiger partial charge in [0.05, 0.1) is 19.2 Å². The quantitative estimate of drug-likeness (QED) is 0.540. The number of methoxy groups -OCH3 is 1. The molecule has 6 nitrogen and oxygen atoms in total. The first-order valence-corrected chi connectivity index (χ1v) is 7.27. The summed E-state index contributed by atoms with van der Waals surface area (Å²) in [5.41, 5.74) is 10.4. The molecule has 23 heavy (non-hydrogen) atoms. The molecule has 2 rings (SSSR count). The van der Waals surface area contributed by atoms with E-state index in [2.05, 4.69) is 10.8 Å². The molecule has 0 saturated heterocycles. The van der Waals surface area contributed by atoms with Crippen LogP contribution in [0.1, 0.15) is 12.5 Å². The van der Waals surface area contributed by atoms with E-state index < -0.39 is 6.23 Å². The molecule has 0 heterocycles. The van der Waals surface area contributed by atoms with Gasteiger partial charge in [0.1, 0.15) is 12.0 Å². The van der Waals surface area contributed by atoms with E-state index in [1.54, 1.807) is 26.2 Å². The Bertz CT molecular complexity index is 659. The predicted molar refractivity (Wildman–Crippen MR) is 90.1 cm³/mol. The number of anilines is 2. The van der Waals surface area contributed by atoms with Crippen LogP contribution in [-0.4, -0.2) is 19.2 Å². The van der Waals surface area contributed by atoms with Gasteiger partial charge in [0, 0.05) is 11.3 Å². The topological polar surface area (TPSA) is 85.6 Å². The molecule has 4 N–H and O–H groups in total. The standard InChI is InChI=1S/C17H21N3O3/c1-12(18)23-20-15-8-5-7-14(11-15)19-17(21)10-13-6-3-4-9-16(13)22-2/h3-9,11-12,20H,10,18H2,1-2H3,(H,19,21). The lowest BCUT2D eigenvalue weighted by molar-refractivity contribution is -0.115. The third-order valence-corrected chi connectivity index (χ3v) is 3.05. The van der Waals surface area contributed by atoms with Crippen LogP contribution in [-0.2, 0) is 16.1 Å². The highest BCUT2D eigenvalue weighted by molar-refractivity contribution is 5.93. The van der Waals surface area contributed by atoms with Gasteiger partial charge in [-0.15, -0.1) is 0 Å². The Kier molecular flexibility index (Phi) is 5.96. The molecule has 6 heteroatoms. The summed E-state index contributed by atoms with van der Waals surface area (Å²) in [4.78, 5) is 17.3. The number of hydrogen-bond acceptors (Lipinski definition) is 5. The molecule has 0 aliphatic heterocycles. The Hall–Kier alpha value is -2.57. The average molecular weight is 315 g/mol. The Morgan fingerprint density at radius 3 is 2.65 bits per heavy atom. The lowest BCUT2D eigenvalue weighted by Gasteiger charge is -2.12. The number of para-hydroxylation sites is 1. The summed E-state index contributed by atoms with van der Waals surface area (Å²) in [7, 11) is 1.59. The largest absolute Gasteiger partial charge is 0.496 e. The SMILES string of the molecule is COc1ccccc1CC(=O)Nc1cccc(NOC(C)N)c1. The summed E-state index contributed by atoms with van der Waals surface area (Å²) in [6.07, 6.45) is -0.198. The number of ether oxygens (including phenoxy) is 1. The van der Waals surface area contributed by atoms with Gasteiger partial charge in [0.15, 0.2) is 0 Å². The Balaban J connectivity index is 1.98. The minimum Gasteiger partial charge on any atom is -0.496 e. The van der Waals surface area contributed by atoms with Gasteiger partial charge in [-0.1, -0.05) is 24.3 Å². The van der Waals surface area contributed by atoms with Gasteiger partial charge in [-0.05, 0) is 31.2 Å². The third-order valence-electron chi connectivity index (χ3n) is 3.05. The molecular weight excluding hydrogens is 294 g/mol. The molecule has 0 fully saturated rings. The fourth-order valence-corrected chi connectivity index (χ4v) is 2.05. The van der Waals surface area contributed by atoms with Crippen molar-refractivity contribution in [3.05, 3.63) is 54.1 Å². The summed E-state index contributed by atoms with van der Waals surface area (Å²) in [5.74, 6) is 0.572. The molecule has 1 atom stereocenters. The van der Waals surface area contributed by atoms with E-state index in [9.17, 15) is 4.79 Å². The molecule has 1 unspecified atom stereocenters. The zero-order chi connectivity index (χ0) is 16.7. The number of hydrogen-bond donors (Lipinski definition) is 3. The fraction of sp³-hybridized carbons (Fsp3) is 0.235. The molecule has 2 aromatic carbocycles. The summed E-state index contributed by atoms with van der Waals surface area (Å²) in [6.45, 7) is 1.71. The van der Waals surface area contributed by atoms with Crippen molar-refractivity contribution in [3.63, 3.8) is 0 Å². The zero-order valence-electron chi connectivity index (χ0n) is 13.2. The van der Waals surface area contributed by atoms with E-state index >= 15 is 0 Å². The Morgan fingerprint density at radius 2 is 1.91 bits per heavy atom. The van der Waals surface area contributed by atoms with E-state index in [-0.39, 0.29) is 12.3 Å². The highest BCUT2D eigenvalue weighted by Gasteiger charge is 2.09. The second-order valence-corrected chi connectivity index (χ2v) is 5.04. The second kappa shape index (κ2) is 8.17. The summed E-state index contributed by atoms with van der Waals surface area (Å²) in [6, 6.07) is 14.6. The van der Waals surface area contributed by atoms with Crippen LogP contribution in [0.25, 0.3) is 0 Å². The molecule has 0 saturated carbocycles. The zero-order valence-corrected chi connectivity index (χ0v) is 13.2. The molecule has 0 aliphatic carbocycles. The van der Waals surface area contributed by atoms with Crippen molar-refractivity contribution in [1.82, 2.24) is 0 Å². The molecule has 1 amide bonds. The maximum atomic E-state index is 12.2. The number of amides is 1. The smallest absolute Gasteiger partial charge is 0.228 e. The molecule has 0 aliphatic rings. The van der Waals surface area contributed by atoms with Gasteiger partial charge < -0.3 is 15.8 Å². The molecule has 0 aromatic heterocycles. The molecule has 0 spiro atoms. The van der Waals surface area contributed by atoms with E-state index in [1.807, 2.05) is 36.4 Å². The van der Waals surface area contributed by atoms with Crippen LogP contribution in [0, 0.1) is 0 Å². The first kappa shape index (κ1) is 16.8. The van der Waals surface area contributed by atoms with Crippen LogP contribution >= 0.6 is 0 Å². The average Bonchev–Trinajstić information content (AvgIpc) is 2.53. The van der Waals surface area contributed by atoms with Crippen molar-refractivity contribution in [2.45, 2.75) is 19.6 Å². The van der Waals surface area contributed by atoms with Crippen molar-refractivity contribution in [1.29, 1.82) is 0 Å². The van der Waals surface area contributed by atoms with Crippen LogP contribution in [0.15, 0.2) is 48.5 Å². The van der Waals surface area contributed by atoms with Gasteiger partial charge in [0.2, 0.25) is 5.91 Å². The number of nitrogens with one attached hydrogen (secondary N) is 2. The van der Waals surface area contributed by atoms with Crippen LogP contribution in [0.5, 0.6) is 5.75 Å². The summed E-state index contributed by atoms with van der Waals surface area (Å²) < 4.78 is 5.25. The molecule has 0 radical (unpaired) electrons. The number of carbonyl (C=O) groups is 1. The van der Waals surface area contributed by atoms with E-state index in [4.69, 9.17) is 15.3 Å². The normalized spacial score (nSPS) is 11.6. The van der Waals surface area contributed by atoms with Gasteiger partial charge in [0.25, 0.3) is 0 Å². The second-order valence-electron chi connectivity index (χ2n) is 5.04. The molecule has 2 aromatic rings. The lowest BCUT2D eigenvalue weighted by atomic mass is 10.1. The van der Waals surface area contributed by atoms with E-state index in [1.165, 1.54) is 0 Å². The van der Waals surface area contributed by atoms with Gasteiger partial charge in [-0.2, -0.15) is 0 Å². The highest BCUT2D eigenvalue weighted by Crippen LogP contribution is 2.19. The molecule has 0 bridgehead atoms. The maximum absolute atomic E-state index is 12.2. The van der Waals surface area contributed by atoms with Crippen molar-refractivity contribution < 1.29 is 14.4 Å². The van der Waals surface area contributed by atoms with Crippen molar-refractivity contribution >= 4 is 17.3 Å². The minimum atomic E-state index is -0.432. The van der Waals surface area contributed by atoms with Crippen LogP contribution < -0.4 is 21.3 Å². The van der Waals surface area contributed by atoms with Crippen LogP contribution in [0.3, 0.4) is 0 Å². The highest BCUT2D eigenvalue weighted by atomic mass is 16.7. The fourth-order valence-electron chi connectivity index (χ4n) is 2.05. The summed E-state index contributed by atoms with van der Waals surface area (Å²) >= 11 is 0. The van der Waals surface area contributed by atoms with Crippen LogP contribution in [0.2, 0.25) is 0 Å². The van der Waals surface area contributed by atoms with E-state index in [0.29, 0.717) is 17.1 Å². The lowest BCUT2D eigenvalue weighted by Crippen LogP contribution is -2.22. The van der Waals surface area contributed by atoms with E-state index in [0.717, 1.165) is 5.56 Å². The van der Waals surface area contributed by atoms with Crippen molar-refractivity contribution in [2.75, 3.05) is 17.9 Å². The Morgan fingerprint density at radius 1 is 1.17 bits per heavy atom. The third kappa shape index (κ3) is 5.28. The van der Waals surface area contributed by atoms with Crippen molar-refractivity contribution in [3.8, 4) is 5.75 Å². The van der Waals surface area contributed by atoms with Crippen LogP contribution in [0.4, 0.5) is 11.4 Å². The monoisotopic (exact) mass is 315 g/mol. The number of rotatable bonds is 7. The van der Waals surface area contributed by atoms with Crippen molar-refractivity contribution in [2.24, 2.45) is 5.73 Å². The van der Waals surface area contributed by atoms with Gasteiger partial charge in [-0.3, -0.25) is 15.1 Å². The Labute approximate surface area is 135 Å².